The van der Waals surface area contributed by atoms with Gasteiger partial charge in [0.05, 0.1) is 17.7 Å². The lowest BCUT2D eigenvalue weighted by Gasteiger charge is -2.20. The molecule has 4 rings (SSSR count). The average Bonchev–Trinajstić information content (AvgIpc) is 2.87. The molecule has 1 aliphatic rings. The van der Waals surface area contributed by atoms with Crippen molar-refractivity contribution in [3.8, 4) is 5.75 Å². The Hall–Kier alpha value is -3.82. The Kier molecular flexibility index (Phi) is 6.81. The van der Waals surface area contributed by atoms with Gasteiger partial charge in [0.25, 0.3) is 0 Å². The van der Waals surface area contributed by atoms with E-state index in [0.29, 0.717) is 17.0 Å². The standard InChI is InChI=1S/C26H24N2O6S/c1-28(15-7-12-24(29)27-22-10-5-6-11-23(22)34-2)35(32,33)17-13-14-20-21(16-17)26(31)19-9-4-3-8-18(19)25(20)30/h3-6,8-11,13-14,16H,7,12,15H2,1-2H3,(H,27,29). The maximum absolute atomic E-state index is 13.1. The maximum Gasteiger partial charge on any atom is 0.242 e. The molecule has 180 valence electrons. The molecule has 0 aliphatic heterocycles. The number of methoxy groups -OCH3 is 1. The molecule has 9 heteroatoms. The Labute approximate surface area is 203 Å². The molecule has 0 heterocycles. The number of ketones is 2. The summed E-state index contributed by atoms with van der Waals surface area (Å²) in [5.74, 6) is -0.433. The molecule has 0 saturated carbocycles. The molecule has 1 N–H and O–H groups in total. The van der Waals surface area contributed by atoms with Crippen LogP contribution in [-0.2, 0) is 14.8 Å². The predicted octanol–water partition coefficient (Wildman–Crippen LogP) is 3.51. The van der Waals surface area contributed by atoms with Crippen LogP contribution < -0.4 is 10.1 Å². The summed E-state index contributed by atoms with van der Waals surface area (Å²) in [4.78, 5) is 37.9. The van der Waals surface area contributed by atoms with Crippen LogP contribution in [-0.4, -0.2) is 50.9 Å². The SMILES string of the molecule is COc1ccccc1NC(=O)CCCN(C)S(=O)(=O)c1ccc2c(c1)C(=O)c1ccccc1C2=O. The number of anilines is 1. The fraction of sp³-hybridized carbons (Fsp3) is 0.192. The fourth-order valence-electron chi connectivity index (χ4n) is 3.96. The van der Waals surface area contributed by atoms with Gasteiger partial charge in [-0.25, -0.2) is 12.7 Å². The van der Waals surface area contributed by atoms with Crippen molar-refractivity contribution in [2.75, 3.05) is 26.0 Å². The Balaban J connectivity index is 1.44. The van der Waals surface area contributed by atoms with E-state index < -0.39 is 10.0 Å². The molecule has 0 bridgehead atoms. The summed E-state index contributed by atoms with van der Waals surface area (Å²) < 4.78 is 32.6. The van der Waals surface area contributed by atoms with Crippen LogP contribution in [0.5, 0.6) is 5.75 Å². The molecular formula is C26H24N2O6S. The first-order valence-electron chi connectivity index (χ1n) is 11.0. The fourth-order valence-corrected chi connectivity index (χ4v) is 5.20. The molecule has 0 saturated heterocycles. The first-order chi connectivity index (χ1) is 16.7. The van der Waals surface area contributed by atoms with Gasteiger partial charge < -0.3 is 10.1 Å². The topological polar surface area (TPSA) is 110 Å². The largest absolute Gasteiger partial charge is 0.495 e. The monoisotopic (exact) mass is 492 g/mol. The summed E-state index contributed by atoms with van der Waals surface area (Å²) >= 11 is 0. The number of hydrogen-bond donors (Lipinski definition) is 1. The molecule has 1 amide bonds. The average molecular weight is 493 g/mol. The summed E-state index contributed by atoms with van der Waals surface area (Å²) in [6.45, 7) is 0.0917. The molecule has 0 unspecified atom stereocenters. The third kappa shape index (κ3) is 4.73. The van der Waals surface area contributed by atoms with Gasteiger partial charge in [0.1, 0.15) is 5.75 Å². The second-order valence-electron chi connectivity index (χ2n) is 8.09. The lowest BCUT2D eigenvalue weighted by atomic mass is 9.84. The van der Waals surface area contributed by atoms with Crippen LogP contribution >= 0.6 is 0 Å². The number of carbonyl (C=O) groups excluding carboxylic acids is 3. The smallest absolute Gasteiger partial charge is 0.242 e. The highest BCUT2D eigenvalue weighted by Gasteiger charge is 2.31. The summed E-state index contributed by atoms with van der Waals surface area (Å²) in [6.07, 6.45) is 0.387. The number of para-hydroxylation sites is 2. The summed E-state index contributed by atoms with van der Waals surface area (Å²) in [5.41, 5.74) is 1.36. The molecule has 0 radical (unpaired) electrons. The molecule has 0 aromatic heterocycles. The molecule has 0 fully saturated rings. The van der Waals surface area contributed by atoms with Crippen LogP contribution in [0.25, 0.3) is 0 Å². The van der Waals surface area contributed by atoms with E-state index >= 15 is 0 Å². The van der Waals surface area contributed by atoms with Crippen molar-refractivity contribution in [3.63, 3.8) is 0 Å². The molecule has 8 nitrogen and oxygen atoms in total. The van der Waals surface area contributed by atoms with E-state index in [9.17, 15) is 22.8 Å². The van der Waals surface area contributed by atoms with Crippen LogP contribution in [0, 0.1) is 0 Å². The highest BCUT2D eigenvalue weighted by atomic mass is 32.2. The molecule has 0 spiro atoms. The normalized spacial score (nSPS) is 12.8. The minimum atomic E-state index is -3.94. The molecule has 0 atom stereocenters. The Morgan fingerprint density at radius 1 is 0.886 bits per heavy atom. The van der Waals surface area contributed by atoms with Gasteiger partial charge >= 0.3 is 0 Å². The van der Waals surface area contributed by atoms with Crippen molar-refractivity contribution in [3.05, 3.63) is 89.0 Å². The summed E-state index contributed by atoms with van der Waals surface area (Å²) in [6, 6.07) is 17.5. The summed E-state index contributed by atoms with van der Waals surface area (Å²) in [5, 5.41) is 2.76. The number of ether oxygens (including phenoxy) is 1. The highest BCUT2D eigenvalue weighted by Crippen LogP contribution is 2.30. The zero-order valence-electron chi connectivity index (χ0n) is 19.3. The number of nitrogens with zero attached hydrogens (tertiary/aromatic N) is 1. The van der Waals surface area contributed by atoms with Gasteiger partial charge in [-0.05, 0) is 36.8 Å². The second-order valence-corrected chi connectivity index (χ2v) is 10.1. The number of fused-ring (bicyclic) bond motifs is 2. The van der Waals surface area contributed by atoms with Gasteiger partial charge in [-0.1, -0.05) is 36.4 Å². The van der Waals surface area contributed by atoms with E-state index in [1.807, 2.05) is 0 Å². The first-order valence-corrected chi connectivity index (χ1v) is 12.4. The molecular weight excluding hydrogens is 468 g/mol. The maximum atomic E-state index is 13.1. The van der Waals surface area contributed by atoms with E-state index in [1.54, 1.807) is 48.5 Å². The van der Waals surface area contributed by atoms with E-state index in [1.165, 1.54) is 32.4 Å². The van der Waals surface area contributed by atoms with Crippen molar-refractivity contribution in [1.29, 1.82) is 0 Å². The van der Waals surface area contributed by atoms with Gasteiger partial charge in [0.15, 0.2) is 11.6 Å². The van der Waals surface area contributed by atoms with E-state index in [0.717, 1.165) is 4.31 Å². The second kappa shape index (κ2) is 9.81. The van der Waals surface area contributed by atoms with Crippen molar-refractivity contribution in [2.24, 2.45) is 0 Å². The zero-order chi connectivity index (χ0) is 25.2. The lowest BCUT2D eigenvalue weighted by molar-refractivity contribution is -0.116. The molecule has 3 aromatic carbocycles. The third-order valence-corrected chi connectivity index (χ3v) is 7.72. The number of benzene rings is 3. The number of rotatable bonds is 8. The van der Waals surface area contributed by atoms with Crippen LogP contribution in [0.15, 0.2) is 71.6 Å². The van der Waals surface area contributed by atoms with Crippen LogP contribution in [0.4, 0.5) is 5.69 Å². The zero-order valence-corrected chi connectivity index (χ0v) is 20.1. The Morgan fingerprint density at radius 2 is 1.49 bits per heavy atom. The lowest BCUT2D eigenvalue weighted by Crippen LogP contribution is -2.29. The number of sulfonamides is 1. The minimum absolute atomic E-state index is 0.0689. The van der Waals surface area contributed by atoms with Crippen LogP contribution in [0.3, 0.4) is 0 Å². The van der Waals surface area contributed by atoms with Gasteiger partial charge in [0, 0.05) is 42.3 Å². The van der Waals surface area contributed by atoms with Crippen molar-refractivity contribution >= 4 is 33.2 Å². The van der Waals surface area contributed by atoms with E-state index in [4.69, 9.17) is 4.74 Å². The van der Waals surface area contributed by atoms with Crippen molar-refractivity contribution in [2.45, 2.75) is 17.7 Å². The summed E-state index contributed by atoms with van der Waals surface area (Å²) in [7, 11) is -1.02. The quantitative estimate of drug-likeness (QED) is 0.403. The van der Waals surface area contributed by atoms with Crippen molar-refractivity contribution in [1.82, 2.24) is 4.31 Å². The first kappa shape index (κ1) is 24.3. The number of carbonyl (C=O) groups is 3. The van der Waals surface area contributed by atoms with Gasteiger partial charge in [-0.2, -0.15) is 0 Å². The van der Waals surface area contributed by atoms with Gasteiger partial charge in [-0.3, -0.25) is 14.4 Å². The minimum Gasteiger partial charge on any atom is -0.495 e. The van der Waals surface area contributed by atoms with Gasteiger partial charge in [0.2, 0.25) is 15.9 Å². The number of nitrogens with one attached hydrogen (secondary N) is 1. The molecule has 3 aromatic rings. The Morgan fingerprint density at radius 3 is 2.17 bits per heavy atom. The molecule has 1 aliphatic carbocycles. The van der Waals surface area contributed by atoms with E-state index in [-0.39, 0.29) is 58.4 Å². The van der Waals surface area contributed by atoms with Crippen LogP contribution in [0.2, 0.25) is 0 Å². The van der Waals surface area contributed by atoms with Crippen LogP contribution in [0.1, 0.15) is 44.7 Å². The molecule has 35 heavy (non-hydrogen) atoms. The Bertz CT molecular complexity index is 1430. The van der Waals surface area contributed by atoms with E-state index in [2.05, 4.69) is 5.32 Å². The van der Waals surface area contributed by atoms with Crippen molar-refractivity contribution < 1.29 is 27.5 Å². The van der Waals surface area contributed by atoms with Gasteiger partial charge in [-0.15, -0.1) is 0 Å². The number of hydrogen-bond acceptors (Lipinski definition) is 6. The number of amides is 1. The third-order valence-electron chi connectivity index (χ3n) is 5.86. The predicted molar refractivity (Wildman–Crippen MR) is 130 cm³/mol. The highest BCUT2D eigenvalue weighted by molar-refractivity contribution is 7.89.